The lowest BCUT2D eigenvalue weighted by atomic mass is 9.77. The van der Waals surface area contributed by atoms with Gasteiger partial charge in [0.25, 0.3) is 0 Å². The predicted molar refractivity (Wildman–Crippen MR) is 134 cm³/mol. The highest BCUT2D eigenvalue weighted by Gasteiger charge is 2.38. The highest BCUT2D eigenvalue weighted by atomic mass is 16.6. The molecule has 0 radical (unpaired) electrons. The number of tetrazole rings is 2. The van der Waals surface area contributed by atoms with Gasteiger partial charge in [-0.3, -0.25) is 4.79 Å². The highest BCUT2D eigenvalue weighted by molar-refractivity contribution is 5.74. The fraction of sp³-hybridized carbons (Fsp3) is 0.423. The van der Waals surface area contributed by atoms with E-state index in [1.165, 1.54) is 0 Å². The number of aromatic nitrogens is 8. The van der Waals surface area contributed by atoms with Gasteiger partial charge in [-0.2, -0.15) is 10.4 Å². The van der Waals surface area contributed by atoms with Crippen molar-refractivity contribution in [1.82, 2.24) is 41.2 Å². The molecule has 2 N–H and O–H groups in total. The van der Waals surface area contributed by atoms with E-state index in [0.29, 0.717) is 18.1 Å². The number of hydrogen-bond acceptors (Lipinski definition) is 8. The molecular formula is C26H32N8O2. The summed E-state index contributed by atoms with van der Waals surface area (Å²) in [7, 11) is 0. The maximum absolute atomic E-state index is 13.3. The van der Waals surface area contributed by atoms with Crippen LogP contribution in [0.1, 0.15) is 58.3 Å². The van der Waals surface area contributed by atoms with Crippen LogP contribution in [0.3, 0.4) is 0 Å². The lowest BCUT2D eigenvalue weighted by molar-refractivity contribution is -0.163. The lowest BCUT2D eigenvalue weighted by Gasteiger charge is -2.31. The number of carbonyl (C=O) groups is 1. The van der Waals surface area contributed by atoms with Crippen LogP contribution in [0.2, 0.25) is 0 Å². The molecule has 4 rings (SSSR count). The number of benzene rings is 2. The summed E-state index contributed by atoms with van der Waals surface area (Å²) in [6.07, 6.45) is 1.42. The molecule has 0 saturated carbocycles. The molecule has 3 atom stereocenters. The normalized spacial score (nSPS) is 14.2. The first-order chi connectivity index (χ1) is 17.2. The second-order valence-corrected chi connectivity index (χ2v) is 10.0. The van der Waals surface area contributed by atoms with E-state index in [-0.39, 0.29) is 17.8 Å². The van der Waals surface area contributed by atoms with Crippen LogP contribution >= 0.6 is 0 Å². The number of ether oxygens (including phenoxy) is 1. The molecule has 0 aliphatic carbocycles. The molecule has 0 bridgehead atoms. The fourth-order valence-corrected chi connectivity index (χ4v) is 4.31. The van der Waals surface area contributed by atoms with Crippen molar-refractivity contribution >= 4 is 5.97 Å². The molecular weight excluding hydrogens is 456 g/mol. The van der Waals surface area contributed by atoms with E-state index in [4.69, 9.17) is 4.74 Å². The summed E-state index contributed by atoms with van der Waals surface area (Å²) >= 11 is 0. The Morgan fingerprint density at radius 3 is 2.00 bits per heavy atom. The Balaban J connectivity index is 1.57. The van der Waals surface area contributed by atoms with Crippen LogP contribution < -0.4 is 0 Å². The Morgan fingerprint density at radius 1 is 0.889 bits per heavy atom. The Bertz CT molecular complexity index is 1230. The highest BCUT2D eigenvalue weighted by Crippen LogP contribution is 2.35. The second-order valence-electron chi connectivity index (χ2n) is 10.0. The number of aromatic amines is 2. The van der Waals surface area contributed by atoms with E-state index in [1.54, 1.807) is 0 Å². The van der Waals surface area contributed by atoms with Gasteiger partial charge in [-0.15, -0.1) is 20.4 Å². The molecule has 2 aromatic heterocycles. The summed E-state index contributed by atoms with van der Waals surface area (Å²) in [5.74, 6) is 0.265. The van der Waals surface area contributed by atoms with E-state index >= 15 is 0 Å². The van der Waals surface area contributed by atoms with Crippen molar-refractivity contribution in [2.75, 3.05) is 0 Å². The molecule has 36 heavy (non-hydrogen) atoms. The Labute approximate surface area is 210 Å². The zero-order chi connectivity index (χ0) is 25.7. The molecule has 10 nitrogen and oxygen atoms in total. The van der Waals surface area contributed by atoms with Gasteiger partial charge in [0.05, 0.1) is 5.92 Å². The third-order valence-electron chi connectivity index (χ3n) is 6.29. The Morgan fingerprint density at radius 2 is 1.47 bits per heavy atom. The molecule has 0 saturated heterocycles. The van der Waals surface area contributed by atoms with E-state index in [1.807, 2.05) is 45.0 Å². The van der Waals surface area contributed by atoms with Gasteiger partial charge in [-0.25, -0.2) is 0 Å². The minimum Gasteiger partial charge on any atom is -0.460 e. The summed E-state index contributed by atoms with van der Waals surface area (Å²) in [6, 6.07) is 16.3. The average Bonchev–Trinajstić information content (AvgIpc) is 3.58. The third kappa shape index (κ3) is 5.99. The topological polar surface area (TPSA) is 135 Å². The summed E-state index contributed by atoms with van der Waals surface area (Å²) in [5.41, 5.74) is 3.56. The first-order valence-electron chi connectivity index (χ1n) is 12.1. The maximum atomic E-state index is 13.3. The van der Waals surface area contributed by atoms with Crippen LogP contribution in [-0.4, -0.2) is 52.8 Å². The van der Waals surface area contributed by atoms with E-state index < -0.39 is 11.5 Å². The molecule has 0 aliphatic heterocycles. The Hall–Kier alpha value is -3.95. The van der Waals surface area contributed by atoms with Crippen molar-refractivity contribution in [2.24, 2.45) is 11.8 Å². The number of rotatable bonds is 9. The molecule has 0 unspecified atom stereocenters. The van der Waals surface area contributed by atoms with Crippen LogP contribution in [-0.2, 0) is 16.0 Å². The average molecular weight is 489 g/mol. The Kier molecular flexibility index (Phi) is 7.52. The smallest absolute Gasteiger partial charge is 0.310 e. The lowest BCUT2D eigenvalue weighted by Crippen LogP contribution is -2.36. The second kappa shape index (κ2) is 10.8. The summed E-state index contributed by atoms with van der Waals surface area (Å²) < 4.78 is 5.81. The van der Waals surface area contributed by atoms with Gasteiger partial charge >= 0.3 is 5.97 Å². The molecule has 0 aliphatic rings. The van der Waals surface area contributed by atoms with E-state index in [2.05, 4.69) is 79.4 Å². The minimum absolute atomic E-state index is 0.0837. The third-order valence-corrected chi connectivity index (χ3v) is 6.29. The van der Waals surface area contributed by atoms with Gasteiger partial charge in [0.15, 0.2) is 5.82 Å². The fourth-order valence-electron chi connectivity index (χ4n) is 4.31. The van der Waals surface area contributed by atoms with Gasteiger partial charge in [0.2, 0.25) is 5.82 Å². The summed E-state index contributed by atoms with van der Waals surface area (Å²) in [4.78, 5) is 13.3. The predicted octanol–water partition coefficient (Wildman–Crippen LogP) is 4.38. The van der Waals surface area contributed by atoms with Gasteiger partial charge in [-0.1, -0.05) is 74.0 Å². The van der Waals surface area contributed by atoms with Crippen LogP contribution in [0.4, 0.5) is 0 Å². The zero-order valence-electron chi connectivity index (χ0n) is 21.3. The maximum Gasteiger partial charge on any atom is 0.310 e. The van der Waals surface area contributed by atoms with Gasteiger partial charge in [-0.05, 0) is 55.0 Å². The summed E-state index contributed by atoms with van der Waals surface area (Å²) in [6.45, 7) is 9.80. The number of H-pyrrole nitrogens is 2. The van der Waals surface area contributed by atoms with Gasteiger partial charge in [0, 0.05) is 11.5 Å². The van der Waals surface area contributed by atoms with Crippen molar-refractivity contribution < 1.29 is 9.53 Å². The first kappa shape index (κ1) is 25.2. The molecule has 4 aromatic rings. The summed E-state index contributed by atoms with van der Waals surface area (Å²) in [5, 5.41) is 28.9. The van der Waals surface area contributed by atoms with Crippen molar-refractivity contribution in [3.8, 4) is 22.5 Å². The monoisotopic (exact) mass is 488 g/mol. The molecule has 188 valence electrons. The van der Waals surface area contributed by atoms with E-state index in [9.17, 15) is 4.79 Å². The first-order valence-corrected chi connectivity index (χ1v) is 12.1. The quantitative estimate of drug-likeness (QED) is 0.331. The molecule has 2 heterocycles. The molecule has 2 aromatic carbocycles. The number of nitrogens with one attached hydrogen (secondary N) is 2. The van der Waals surface area contributed by atoms with Crippen molar-refractivity contribution in [1.29, 1.82) is 0 Å². The molecule has 10 heteroatoms. The SMILES string of the molecule is CC[C@H](C)[C@H](C(=O)OC(C)(C)C)[C@H](Cc1ccc(-c2ccc(-c3nn[nH]n3)cc2)cc1)c1nn[nH]n1. The van der Waals surface area contributed by atoms with Crippen LogP contribution in [0.25, 0.3) is 22.5 Å². The van der Waals surface area contributed by atoms with Crippen molar-refractivity contribution in [2.45, 2.75) is 59.0 Å². The number of esters is 1. The van der Waals surface area contributed by atoms with E-state index in [0.717, 1.165) is 28.7 Å². The van der Waals surface area contributed by atoms with Crippen molar-refractivity contribution in [3.05, 3.63) is 59.9 Å². The van der Waals surface area contributed by atoms with Crippen molar-refractivity contribution in [3.63, 3.8) is 0 Å². The van der Waals surface area contributed by atoms with Gasteiger partial charge in [0.1, 0.15) is 5.60 Å². The minimum atomic E-state index is -0.578. The molecule has 0 amide bonds. The zero-order valence-corrected chi connectivity index (χ0v) is 21.3. The van der Waals surface area contributed by atoms with Gasteiger partial charge < -0.3 is 4.74 Å². The molecule has 0 spiro atoms. The number of hydrogen-bond donors (Lipinski definition) is 2. The largest absolute Gasteiger partial charge is 0.460 e. The standard InChI is InChI=1S/C26H32N8O2/c1-6-16(2)22(25(35)36-26(3,4)5)21(24-29-33-34-30-24)15-17-7-9-18(10-8-17)19-11-13-20(14-12-19)23-27-31-32-28-23/h7-14,16,21-22H,6,15H2,1-5H3,(H,27,28,31,32)(H,29,30,33,34)/t16-,21-,22-/m0/s1. The number of carbonyl (C=O) groups excluding carboxylic acids is 1. The van der Waals surface area contributed by atoms with Crippen LogP contribution in [0.15, 0.2) is 48.5 Å². The number of nitrogens with zero attached hydrogens (tertiary/aromatic N) is 6. The van der Waals surface area contributed by atoms with Crippen LogP contribution in [0, 0.1) is 11.8 Å². The van der Waals surface area contributed by atoms with Crippen LogP contribution in [0.5, 0.6) is 0 Å². The molecule has 0 fully saturated rings.